The first-order chi connectivity index (χ1) is 7.65. The summed E-state index contributed by atoms with van der Waals surface area (Å²) in [5.74, 6) is 0.648. The molecule has 0 saturated heterocycles. The molecule has 2 N–H and O–H groups in total. The SMILES string of the molecule is CC(C)NCc1ccc2c(c1)NC(=O)CO2. The van der Waals surface area contributed by atoms with E-state index in [1.165, 1.54) is 0 Å². The van der Waals surface area contributed by atoms with E-state index in [0.717, 1.165) is 23.5 Å². The van der Waals surface area contributed by atoms with Gasteiger partial charge < -0.3 is 15.4 Å². The van der Waals surface area contributed by atoms with Gasteiger partial charge in [0, 0.05) is 12.6 Å². The topological polar surface area (TPSA) is 50.4 Å². The first-order valence-electron chi connectivity index (χ1n) is 5.44. The normalized spacial score (nSPS) is 14.3. The molecule has 0 bridgehead atoms. The standard InChI is InChI=1S/C12H16N2O2/c1-8(2)13-6-9-3-4-11-10(5-9)14-12(15)7-16-11/h3-5,8,13H,6-7H2,1-2H3,(H,14,15). The van der Waals surface area contributed by atoms with Crippen LogP contribution in [0.5, 0.6) is 5.75 Å². The lowest BCUT2D eigenvalue weighted by molar-refractivity contribution is -0.118. The summed E-state index contributed by atoms with van der Waals surface area (Å²) in [6, 6.07) is 6.29. The van der Waals surface area contributed by atoms with Gasteiger partial charge in [-0.15, -0.1) is 0 Å². The number of hydrogen-bond donors (Lipinski definition) is 2. The summed E-state index contributed by atoms with van der Waals surface area (Å²) < 4.78 is 5.28. The Balaban J connectivity index is 2.12. The molecule has 1 aliphatic rings. The lowest BCUT2D eigenvalue weighted by atomic mass is 10.1. The molecular weight excluding hydrogens is 204 g/mol. The third kappa shape index (κ3) is 2.52. The fourth-order valence-corrected chi connectivity index (χ4v) is 1.56. The van der Waals surface area contributed by atoms with Crippen molar-refractivity contribution in [2.24, 2.45) is 0 Å². The van der Waals surface area contributed by atoms with Gasteiger partial charge in [0.2, 0.25) is 0 Å². The van der Waals surface area contributed by atoms with Crippen molar-refractivity contribution < 1.29 is 9.53 Å². The van der Waals surface area contributed by atoms with E-state index >= 15 is 0 Å². The molecule has 4 nitrogen and oxygen atoms in total. The molecular formula is C12H16N2O2. The molecule has 86 valence electrons. The van der Waals surface area contributed by atoms with Crippen LogP contribution < -0.4 is 15.4 Å². The second kappa shape index (κ2) is 4.53. The smallest absolute Gasteiger partial charge is 0.262 e. The maximum atomic E-state index is 11.2. The number of fused-ring (bicyclic) bond motifs is 1. The van der Waals surface area contributed by atoms with Crippen LogP contribution in [0.1, 0.15) is 19.4 Å². The quantitative estimate of drug-likeness (QED) is 0.812. The molecule has 4 heteroatoms. The highest BCUT2D eigenvalue weighted by molar-refractivity contribution is 5.95. The lowest BCUT2D eigenvalue weighted by Crippen LogP contribution is -2.26. The van der Waals surface area contributed by atoms with Gasteiger partial charge in [-0.25, -0.2) is 0 Å². The van der Waals surface area contributed by atoms with E-state index < -0.39 is 0 Å². The maximum Gasteiger partial charge on any atom is 0.262 e. The predicted molar refractivity (Wildman–Crippen MR) is 62.5 cm³/mol. The summed E-state index contributed by atoms with van der Waals surface area (Å²) in [6.07, 6.45) is 0. The van der Waals surface area contributed by atoms with Crippen molar-refractivity contribution in [1.29, 1.82) is 0 Å². The molecule has 0 saturated carbocycles. The number of benzene rings is 1. The zero-order valence-electron chi connectivity index (χ0n) is 9.54. The zero-order chi connectivity index (χ0) is 11.5. The largest absolute Gasteiger partial charge is 0.482 e. The van der Waals surface area contributed by atoms with E-state index in [1.54, 1.807) is 0 Å². The maximum absolute atomic E-state index is 11.2. The lowest BCUT2D eigenvalue weighted by Gasteiger charge is -2.18. The average Bonchev–Trinajstić information content (AvgIpc) is 2.25. The minimum atomic E-state index is -0.0959. The van der Waals surface area contributed by atoms with E-state index in [4.69, 9.17) is 4.74 Å². The molecule has 1 heterocycles. The molecule has 0 unspecified atom stereocenters. The highest BCUT2D eigenvalue weighted by atomic mass is 16.5. The number of amides is 1. The highest BCUT2D eigenvalue weighted by Crippen LogP contribution is 2.28. The molecule has 0 radical (unpaired) electrons. The number of rotatable bonds is 3. The number of carbonyl (C=O) groups is 1. The fraction of sp³-hybridized carbons (Fsp3) is 0.417. The highest BCUT2D eigenvalue weighted by Gasteiger charge is 2.15. The molecule has 1 aromatic carbocycles. The van der Waals surface area contributed by atoms with Crippen LogP contribution in [0.3, 0.4) is 0 Å². The summed E-state index contributed by atoms with van der Waals surface area (Å²) in [5, 5.41) is 6.12. The van der Waals surface area contributed by atoms with Crippen molar-refractivity contribution in [3.63, 3.8) is 0 Å². The number of anilines is 1. The zero-order valence-corrected chi connectivity index (χ0v) is 9.54. The Bertz CT molecular complexity index is 402. The first kappa shape index (κ1) is 11.0. The third-order valence-corrected chi connectivity index (χ3v) is 2.39. The van der Waals surface area contributed by atoms with Crippen molar-refractivity contribution in [3.8, 4) is 5.75 Å². The van der Waals surface area contributed by atoms with Crippen LogP contribution in [0.4, 0.5) is 5.69 Å². The predicted octanol–water partition coefficient (Wildman–Crippen LogP) is 1.52. The molecule has 0 atom stereocenters. The molecule has 0 aliphatic carbocycles. The Labute approximate surface area is 95.0 Å². The average molecular weight is 220 g/mol. The molecule has 1 aliphatic heterocycles. The Morgan fingerprint density at radius 2 is 2.31 bits per heavy atom. The number of carbonyl (C=O) groups excluding carboxylic acids is 1. The summed E-state index contributed by atoms with van der Waals surface area (Å²) >= 11 is 0. The number of ether oxygens (including phenoxy) is 1. The summed E-state index contributed by atoms with van der Waals surface area (Å²) in [4.78, 5) is 11.2. The van der Waals surface area contributed by atoms with E-state index in [1.807, 2.05) is 18.2 Å². The molecule has 1 amide bonds. The number of nitrogens with one attached hydrogen (secondary N) is 2. The van der Waals surface area contributed by atoms with Gasteiger partial charge in [-0.05, 0) is 17.7 Å². The molecule has 16 heavy (non-hydrogen) atoms. The molecule has 2 rings (SSSR count). The van der Waals surface area contributed by atoms with Gasteiger partial charge in [0.1, 0.15) is 5.75 Å². The van der Waals surface area contributed by atoms with Gasteiger partial charge >= 0.3 is 0 Å². The van der Waals surface area contributed by atoms with E-state index in [0.29, 0.717) is 6.04 Å². The second-order valence-corrected chi connectivity index (χ2v) is 4.20. The van der Waals surface area contributed by atoms with Crippen LogP contribution in [-0.2, 0) is 11.3 Å². The second-order valence-electron chi connectivity index (χ2n) is 4.20. The van der Waals surface area contributed by atoms with E-state index in [2.05, 4.69) is 24.5 Å². The molecule has 0 fully saturated rings. The van der Waals surface area contributed by atoms with Crippen LogP contribution in [0, 0.1) is 0 Å². The Morgan fingerprint density at radius 3 is 3.06 bits per heavy atom. The van der Waals surface area contributed by atoms with Crippen LogP contribution in [0.15, 0.2) is 18.2 Å². The van der Waals surface area contributed by atoms with Crippen molar-refractivity contribution >= 4 is 11.6 Å². The summed E-state index contributed by atoms with van der Waals surface area (Å²) in [5.41, 5.74) is 1.90. The van der Waals surface area contributed by atoms with Crippen LogP contribution in [0.2, 0.25) is 0 Å². The van der Waals surface area contributed by atoms with E-state index in [9.17, 15) is 4.79 Å². The van der Waals surface area contributed by atoms with Gasteiger partial charge in [0.05, 0.1) is 5.69 Å². The first-order valence-corrected chi connectivity index (χ1v) is 5.44. The van der Waals surface area contributed by atoms with Crippen molar-refractivity contribution in [2.75, 3.05) is 11.9 Å². The Morgan fingerprint density at radius 1 is 1.50 bits per heavy atom. The van der Waals surface area contributed by atoms with Gasteiger partial charge in [0.25, 0.3) is 5.91 Å². The van der Waals surface area contributed by atoms with Gasteiger partial charge in [-0.1, -0.05) is 19.9 Å². The van der Waals surface area contributed by atoms with Crippen LogP contribution in [-0.4, -0.2) is 18.6 Å². The van der Waals surface area contributed by atoms with Crippen LogP contribution in [0.25, 0.3) is 0 Å². The van der Waals surface area contributed by atoms with Gasteiger partial charge in [-0.3, -0.25) is 4.79 Å². The monoisotopic (exact) mass is 220 g/mol. The van der Waals surface area contributed by atoms with Gasteiger partial charge in [0.15, 0.2) is 6.61 Å². The molecule has 1 aromatic rings. The van der Waals surface area contributed by atoms with Crippen molar-refractivity contribution in [3.05, 3.63) is 23.8 Å². The summed E-state index contributed by atoms with van der Waals surface area (Å²) in [7, 11) is 0. The Kier molecular flexibility index (Phi) is 3.10. The third-order valence-electron chi connectivity index (χ3n) is 2.39. The number of hydrogen-bond acceptors (Lipinski definition) is 3. The van der Waals surface area contributed by atoms with Crippen molar-refractivity contribution in [1.82, 2.24) is 5.32 Å². The Hall–Kier alpha value is -1.55. The van der Waals surface area contributed by atoms with Gasteiger partial charge in [-0.2, -0.15) is 0 Å². The minimum absolute atomic E-state index is 0.0959. The summed E-state index contributed by atoms with van der Waals surface area (Å²) in [6.45, 7) is 5.10. The molecule has 0 spiro atoms. The fourth-order valence-electron chi connectivity index (χ4n) is 1.56. The minimum Gasteiger partial charge on any atom is -0.482 e. The van der Waals surface area contributed by atoms with E-state index in [-0.39, 0.29) is 12.5 Å². The van der Waals surface area contributed by atoms with Crippen molar-refractivity contribution in [2.45, 2.75) is 26.4 Å². The van der Waals surface area contributed by atoms with Crippen LogP contribution >= 0.6 is 0 Å². The molecule has 0 aromatic heterocycles.